The van der Waals surface area contributed by atoms with Gasteiger partial charge in [-0.2, -0.15) is 0 Å². The number of nitrogens with zero attached hydrogens (tertiary/aromatic N) is 2. The normalized spacial score (nSPS) is 11.2. The zero-order valence-corrected chi connectivity index (χ0v) is 13.8. The summed E-state index contributed by atoms with van der Waals surface area (Å²) < 4.78 is 18.3. The molecule has 0 spiro atoms. The predicted molar refractivity (Wildman–Crippen MR) is 89.2 cm³/mol. The summed E-state index contributed by atoms with van der Waals surface area (Å²) in [5.41, 5.74) is 1.37. The van der Waals surface area contributed by atoms with Gasteiger partial charge in [-0.3, -0.25) is 9.79 Å². The smallest absolute Gasteiger partial charge is 0.243 e. The van der Waals surface area contributed by atoms with E-state index >= 15 is 0 Å². The molecule has 0 saturated heterocycles. The number of carbonyl (C=O) groups is 1. The lowest BCUT2D eigenvalue weighted by Crippen LogP contribution is -2.41. The molecule has 8 heteroatoms. The monoisotopic (exact) mass is 333 g/mol. The molecule has 0 saturated carbocycles. The van der Waals surface area contributed by atoms with Crippen LogP contribution in [0.25, 0.3) is 0 Å². The van der Waals surface area contributed by atoms with Gasteiger partial charge in [0.15, 0.2) is 5.96 Å². The predicted octanol–water partition coefficient (Wildman–Crippen LogP) is 1.73. The number of aromatic nitrogens is 1. The Morgan fingerprint density at radius 1 is 1.25 bits per heavy atom. The summed E-state index contributed by atoms with van der Waals surface area (Å²) in [6, 6.07) is 5.55. The molecule has 1 amide bonds. The van der Waals surface area contributed by atoms with Crippen molar-refractivity contribution < 1.29 is 13.6 Å². The maximum atomic E-state index is 12.8. The highest BCUT2D eigenvalue weighted by Crippen LogP contribution is 2.08. The molecular weight excluding hydrogens is 313 g/mol. The molecule has 2 rings (SSSR count). The van der Waals surface area contributed by atoms with Gasteiger partial charge in [-0.25, -0.2) is 9.37 Å². The Morgan fingerprint density at radius 3 is 2.54 bits per heavy atom. The number of aryl methyl sites for hydroxylation is 2. The van der Waals surface area contributed by atoms with Crippen LogP contribution in [0.3, 0.4) is 0 Å². The molecule has 1 aromatic carbocycles. The second-order valence-electron chi connectivity index (χ2n) is 5.08. The van der Waals surface area contributed by atoms with E-state index in [9.17, 15) is 9.18 Å². The highest BCUT2D eigenvalue weighted by Gasteiger charge is 2.08. The lowest BCUT2D eigenvalue weighted by molar-refractivity contribution is -0.115. The van der Waals surface area contributed by atoms with Gasteiger partial charge >= 0.3 is 0 Å². The van der Waals surface area contributed by atoms with Crippen molar-refractivity contribution >= 4 is 17.6 Å². The second-order valence-corrected chi connectivity index (χ2v) is 5.08. The number of benzene rings is 1. The third-order valence-corrected chi connectivity index (χ3v) is 3.25. The number of nitrogens with one attached hydrogen (secondary N) is 3. The molecule has 1 heterocycles. The van der Waals surface area contributed by atoms with E-state index in [4.69, 9.17) is 4.42 Å². The van der Waals surface area contributed by atoms with E-state index in [1.807, 2.05) is 13.8 Å². The highest BCUT2D eigenvalue weighted by atomic mass is 19.1. The first-order chi connectivity index (χ1) is 11.5. The molecule has 0 atom stereocenters. The largest absolute Gasteiger partial charge is 0.444 e. The molecular formula is C16H20FN5O2. The number of rotatable bonds is 5. The van der Waals surface area contributed by atoms with Gasteiger partial charge in [0.1, 0.15) is 11.6 Å². The van der Waals surface area contributed by atoms with Gasteiger partial charge in [0.25, 0.3) is 0 Å². The summed E-state index contributed by atoms with van der Waals surface area (Å²) in [5.74, 6) is 1.13. The number of aliphatic imine (C=N–C) groups is 1. The van der Waals surface area contributed by atoms with Crippen molar-refractivity contribution in [2.75, 3.05) is 18.9 Å². The van der Waals surface area contributed by atoms with Crippen molar-refractivity contribution in [3.8, 4) is 0 Å². The maximum absolute atomic E-state index is 12.8. The molecule has 0 unspecified atom stereocenters. The summed E-state index contributed by atoms with van der Waals surface area (Å²) in [5, 5.41) is 8.53. The number of hydrogen-bond acceptors (Lipinski definition) is 4. The second kappa shape index (κ2) is 8.09. The first kappa shape index (κ1) is 17.5. The first-order valence-corrected chi connectivity index (χ1v) is 7.40. The van der Waals surface area contributed by atoms with Crippen molar-refractivity contribution in [2.24, 2.45) is 4.99 Å². The standard InChI is InChI=1S/C16H20FN5O2/c1-10-11(2)24-15(21-10)9-20-16(18-3)19-8-14(23)22-13-6-4-12(17)5-7-13/h4-7H,8-9H2,1-3H3,(H,22,23)(H2,18,19,20). The fourth-order valence-electron chi connectivity index (χ4n) is 1.90. The number of oxazole rings is 1. The Bertz CT molecular complexity index is 705. The molecule has 0 bridgehead atoms. The minimum Gasteiger partial charge on any atom is -0.444 e. The lowest BCUT2D eigenvalue weighted by atomic mass is 10.3. The molecule has 2 aromatic rings. The summed E-state index contributed by atoms with van der Waals surface area (Å²) >= 11 is 0. The number of halogens is 1. The Morgan fingerprint density at radius 2 is 1.96 bits per heavy atom. The van der Waals surface area contributed by atoms with Crippen LogP contribution in [0, 0.1) is 19.7 Å². The van der Waals surface area contributed by atoms with Crippen LogP contribution in [0.4, 0.5) is 10.1 Å². The zero-order chi connectivity index (χ0) is 17.5. The van der Waals surface area contributed by atoms with Gasteiger partial charge in [-0.1, -0.05) is 0 Å². The lowest BCUT2D eigenvalue weighted by Gasteiger charge is -2.11. The molecule has 1 aromatic heterocycles. The highest BCUT2D eigenvalue weighted by molar-refractivity contribution is 5.94. The van der Waals surface area contributed by atoms with Crippen LogP contribution in [0.1, 0.15) is 17.3 Å². The van der Waals surface area contributed by atoms with Crippen molar-refractivity contribution in [1.82, 2.24) is 15.6 Å². The number of guanidine groups is 1. The number of hydrogen-bond donors (Lipinski definition) is 3. The number of amides is 1. The number of anilines is 1. The minimum atomic E-state index is -0.354. The van der Waals surface area contributed by atoms with Crippen molar-refractivity contribution in [1.29, 1.82) is 0 Å². The minimum absolute atomic E-state index is 0.0146. The summed E-state index contributed by atoms with van der Waals surface area (Å²) in [7, 11) is 1.60. The third kappa shape index (κ3) is 5.08. The van der Waals surface area contributed by atoms with Crippen LogP contribution in [-0.4, -0.2) is 30.4 Å². The van der Waals surface area contributed by atoms with Crippen LogP contribution in [0.5, 0.6) is 0 Å². The van der Waals surface area contributed by atoms with Crippen LogP contribution < -0.4 is 16.0 Å². The van der Waals surface area contributed by atoms with E-state index in [2.05, 4.69) is 25.9 Å². The van der Waals surface area contributed by atoms with Crippen LogP contribution >= 0.6 is 0 Å². The van der Waals surface area contributed by atoms with Crippen molar-refractivity contribution in [2.45, 2.75) is 20.4 Å². The molecule has 0 aliphatic heterocycles. The molecule has 7 nitrogen and oxygen atoms in total. The molecule has 0 fully saturated rings. The Hall–Kier alpha value is -2.90. The quantitative estimate of drug-likeness (QED) is 0.573. The van der Waals surface area contributed by atoms with E-state index in [0.717, 1.165) is 11.5 Å². The molecule has 0 radical (unpaired) electrons. The molecule has 0 aliphatic rings. The third-order valence-electron chi connectivity index (χ3n) is 3.25. The SMILES string of the molecule is CN=C(NCC(=O)Nc1ccc(F)cc1)NCc1nc(C)c(C)o1. The van der Waals surface area contributed by atoms with Crippen molar-refractivity contribution in [3.05, 3.63) is 47.4 Å². The Balaban J connectivity index is 1.78. The Labute approximate surface area is 139 Å². The van der Waals surface area contributed by atoms with E-state index in [1.165, 1.54) is 24.3 Å². The van der Waals surface area contributed by atoms with E-state index in [1.54, 1.807) is 7.05 Å². The van der Waals surface area contributed by atoms with Gasteiger partial charge in [-0.05, 0) is 38.1 Å². The van der Waals surface area contributed by atoms with Gasteiger partial charge in [-0.15, -0.1) is 0 Å². The molecule has 3 N–H and O–H groups in total. The summed E-state index contributed by atoms with van der Waals surface area (Å²) in [6.45, 7) is 4.09. The average Bonchev–Trinajstić information content (AvgIpc) is 2.88. The molecule has 24 heavy (non-hydrogen) atoms. The van der Waals surface area contributed by atoms with Crippen LogP contribution in [0.2, 0.25) is 0 Å². The topological polar surface area (TPSA) is 91.5 Å². The van der Waals surface area contributed by atoms with Gasteiger partial charge in [0.05, 0.1) is 18.8 Å². The fourth-order valence-corrected chi connectivity index (χ4v) is 1.90. The zero-order valence-electron chi connectivity index (χ0n) is 13.8. The van der Waals surface area contributed by atoms with Crippen LogP contribution in [-0.2, 0) is 11.3 Å². The van der Waals surface area contributed by atoms with E-state index < -0.39 is 0 Å². The first-order valence-electron chi connectivity index (χ1n) is 7.40. The maximum Gasteiger partial charge on any atom is 0.243 e. The average molecular weight is 333 g/mol. The van der Waals surface area contributed by atoms with Crippen molar-refractivity contribution in [3.63, 3.8) is 0 Å². The summed E-state index contributed by atoms with van der Waals surface area (Å²) in [4.78, 5) is 20.1. The fraction of sp³-hybridized carbons (Fsp3) is 0.312. The molecule has 0 aliphatic carbocycles. The number of carbonyl (C=O) groups excluding carboxylic acids is 1. The van der Waals surface area contributed by atoms with Gasteiger partial charge in [0.2, 0.25) is 11.8 Å². The van der Waals surface area contributed by atoms with Crippen LogP contribution in [0.15, 0.2) is 33.7 Å². The Kier molecular flexibility index (Phi) is 5.89. The van der Waals surface area contributed by atoms with Gasteiger partial charge in [0, 0.05) is 12.7 Å². The van der Waals surface area contributed by atoms with E-state index in [0.29, 0.717) is 24.1 Å². The van der Waals surface area contributed by atoms with E-state index in [-0.39, 0.29) is 18.3 Å². The summed E-state index contributed by atoms with van der Waals surface area (Å²) in [6.07, 6.45) is 0. The van der Waals surface area contributed by atoms with Gasteiger partial charge < -0.3 is 20.4 Å². The molecule has 128 valence electrons.